The van der Waals surface area contributed by atoms with Gasteiger partial charge in [-0.05, 0) is 83.1 Å². The van der Waals surface area contributed by atoms with Crippen molar-refractivity contribution < 1.29 is 4.79 Å². The molecule has 0 spiro atoms. The van der Waals surface area contributed by atoms with Crippen molar-refractivity contribution in [2.75, 3.05) is 32.1 Å². The number of carbonyl (C=O) groups is 1. The van der Waals surface area contributed by atoms with Crippen LogP contribution in [0.15, 0.2) is 24.3 Å². The summed E-state index contributed by atoms with van der Waals surface area (Å²) in [7, 11) is 4.10. The fourth-order valence-electron chi connectivity index (χ4n) is 3.81. The quantitative estimate of drug-likeness (QED) is 0.469. The number of anilines is 1. The summed E-state index contributed by atoms with van der Waals surface area (Å²) in [5.74, 6) is 0.0802. The van der Waals surface area contributed by atoms with Crippen molar-refractivity contribution in [3.8, 4) is 0 Å². The molecule has 0 radical (unpaired) electrons. The second kappa shape index (κ2) is 9.46. The van der Waals surface area contributed by atoms with Gasteiger partial charge in [0.1, 0.15) is 0 Å². The molecule has 0 atom stereocenters. The second-order valence-corrected chi connectivity index (χ2v) is 9.68. The third kappa shape index (κ3) is 5.02. The summed E-state index contributed by atoms with van der Waals surface area (Å²) in [6, 6.07) is 8.17. The van der Waals surface area contributed by atoms with Crippen molar-refractivity contribution in [3.05, 3.63) is 57.1 Å². The van der Waals surface area contributed by atoms with E-state index in [1.807, 2.05) is 38.1 Å². The van der Waals surface area contributed by atoms with E-state index in [1.54, 1.807) is 0 Å². The van der Waals surface area contributed by atoms with Crippen molar-refractivity contribution in [3.63, 3.8) is 0 Å². The van der Waals surface area contributed by atoms with Gasteiger partial charge < -0.3 is 4.90 Å². The van der Waals surface area contributed by atoms with Gasteiger partial charge in [0.05, 0.1) is 21.7 Å². The molecule has 0 aliphatic heterocycles. The number of nitrogens with zero attached hydrogens (tertiary/aromatic N) is 3. The summed E-state index contributed by atoms with van der Waals surface area (Å²) in [6.07, 6.45) is 1.26. The molecule has 0 bridgehead atoms. The second-order valence-electron chi connectivity index (χ2n) is 8.29. The first-order valence-corrected chi connectivity index (χ1v) is 11.4. The van der Waals surface area contributed by atoms with Crippen LogP contribution in [0.2, 0.25) is 5.02 Å². The third-order valence-electron chi connectivity index (χ3n) is 5.37. The van der Waals surface area contributed by atoms with Crippen LogP contribution in [0.1, 0.15) is 34.2 Å². The zero-order valence-electron chi connectivity index (χ0n) is 18.7. The van der Waals surface area contributed by atoms with E-state index < -0.39 is 0 Å². The Labute approximate surface area is 188 Å². The Morgan fingerprint density at radius 2 is 1.70 bits per heavy atom. The monoisotopic (exact) mass is 443 g/mol. The predicted octanol–water partition coefficient (Wildman–Crippen LogP) is 5.71. The number of amides is 1. The smallest absolute Gasteiger partial charge is 0.233 e. The number of benzene rings is 2. The average Bonchev–Trinajstić information content (AvgIpc) is 3.11. The molecule has 0 unspecified atom stereocenters. The van der Waals surface area contributed by atoms with Crippen molar-refractivity contribution in [1.82, 2.24) is 9.88 Å². The highest BCUT2D eigenvalue weighted by atomic mass is 35.5. The number of fused-ring (bicyclic) bond motifs is 1. The molecule has 1 amide bonds. The Balaban J connectivity index is 1.95. The Bertz CT molecular complexity index is 1010. The van der Waals surface area contributed by atoms with Gasteiger partial charge in [0.15, 0.2) is 5.13 Å². The van der Waals surface area contributed by atoms with Crippen LogP contribution < -0.4 is 4.90 Å². The lowest BCUT2D eigenvalue weighted by Gasteiger charge is -2.22. The summed E-state index contributed by atoms with van der Waals surface area (Å²) in [6.45, 7) is 9.83. The van der Waals surface area contributed by atoms with E-state index >= 15 is 0 Å². The Kier molecular flexibility index (Phi) is 7.17. The van der Waals surface area contributed by atoms with Gasteiger partial charge in [0, 0.05) is 6.54 Å². The molecule has 30 heavy (non-hydrogen) atoms. The number of halogens is 1. The van der Waals surface area contributed by atoms with E-state index in [9.17, 15) is 4.79 Å². The van der Waals surface area contributed by atoms with Gasteiger partial charge in [0.25, 0.3) is 0 Å². The molecule has 0 fully saturated rings. The number of aryl methyl sites for hydroxylation is 4. The molecule has 2 aromatic carbocycles. The van der Waals surface area contributed by atoms with Crippen molar-refractivity contribution >= 4 is 44.2 Å². The summed E-state index contributed by atoms with van der Waals surface area (Å²) in [5, 5.41) is 1.41. The highest BCUT2D eigenvalue weighted by molar-refractivity contribution is 7.23. The van der Waals surface area contributed by atoms with Gasteiger partial charge in [0.2, 0.25) is 5.91 Å². The molecule has 0 N–H and O–H groups in total. The minimum absolute atomic E-state index is 0.0802. The largest absolute Gasteiger partial charge is 0.309 e. The van der Waals surface area contributed by atoms with Crippen molar-refractivity contribution in [1.29, 1.82) is 0 Å². The first-order valence-electron chi connectivity index (χ1n) is 10.2. The molecule has 3 aromatic rings. The van der Waals surface area contributed by atoms with E-state index in [4.69, 9.17) is 16.6 Å². The van der Waals surface area contributed by atoms with Crippen LogP contribution in [0, 0.1) is 27.7 Å². The summed E-state index contributed by atoms with van der Waals surface area (Å²) in [5.41, 5.74) is 6.62. The standard InChI is InChI=1S/C24H30ClN3OS/c1-15-12-17(3)19(18(4)13-15)14-21(29)28(11-7-10-27(5)6)24-26-22-16(2)8-9-20(25)23(22)30-24/h8-9,12-13H,7,10-11,14H2,1-6H3. The van der Waals surface area contributed by atoms with Crippen LogP contribution in [0.3, 0.4) is 0 Å². The molecule has 1 aromatic heterocycles. The van der Waals surface area contributed by atoms with Crippen molar-refractivity contribution in [2.45, 2.75) is 40.5 Å². The summed E-state index contributed by atoms with van der Waals surface area (Å²) in [4.78, 5) is 22.3. The number of hydrogen-bond acceptors (Lipinski definition) is 4. The van der Waals surface area contributed by atoms with Gasteiger partial charge in [-0.2, -0.15) is 0 Å². The lowest BCUT2D eigenvalue weighted by Crippen LogP contribution is -2.34. The fraction of sp³-hybridized carbons (Fsp3) is 0.417. The van der Waals surface area contributed by atoms with Gasteiger partial charge in [-0.25, -0.2) is 4.98 Å². The lowest BCUT2D eigenvalue weighted by atomic mass is 9.97. The summed E-state index contributed by atoms with van der Waals surface area (Å²) >= 11 is 7.92. The molecule has 0 saturated heterocycles. The van der Waals surface area contributed by atoms with E-state index in [0.717, 1.165) is 50.6 Å². The van der Waals surface area contributed by atoms with Gasteiger partial charge in [-0.3, -0.25) is 9.69 Å². The molecular weight excluding hydrogens is 414 g/mol. The first kappa shape index (κ1) is 22.7. The molecule has 0 aliphatic carbocycles. The van der Waals surface area contributed by atoms with Crippen LogP contribution >= 0.6 is 22.9 Å². The summed E-state index contributed by atoms with van der Waals surface area (Å²) < 4.78 is 0.944. The van der Waals surface area contributed by atoms with E-state index in [0.29, 0.717) is 18.0 Å². The molecule has 1 heterocycles. The molecular formula is C24H30ClN3OS. The van der Waals surface area contributed by atoms with Gasteiger partial charge in [-0.15, -0.1) is 0 Å². The Morgan fingerprint density at radius 3 is 2.30 bits per heavy atom. The van der Waals surface area contributed by atoms with Crippen LogP contribution in [0.5, 0.6) is 0 Å². The van der Waals surface area contributed by atoms with Crippen LogP contribution in [-0.4, -0.2) is 43.0 Å². The molecule has 0 aliphatic rings. The minimum Gasteiger partial charge on any atom is -0.309 e. The maximum atomic E-state index is 13.5. The normalized spacial score (nSPS) is 11.5. The first-order chi connectivity index (χ1) is 14.2. The van der Waals surface area contributed by atoms with Crippen LogP contribution in [-0.2, 0) is 11.2 Å². The lowest BCUT2D eigenvalue weighted by molar-refractivity contribution is -0.118. The van der Waals surface area contributed by atoms with E-state index in [-0.39, 0.29) is 5.91 Å². The van der Waals surface area contributed by atoms with Crippen LogP contribution in [0.4, 0.5) is 5.13 Å². The number of rotatable bonds is 7. The molecule has 3 rings (SSSR count). The molecule has 0 saturated carbocycles. The third-order valence-corrected chi connectivity index (χ3v) is 6.91. The maximum Gasteiger partial charge on any atom is 0.233 e. The van der Waals surface area contributed by atoms with Crippen LogP contribution in [0.25, 0.3) is 10.2 Å². The van der Waals surface area contributed by atoms with E-state index in [1.165, 1.54) is 16.9 Å². The fourth-order valence-corrected chi connectivity index (χ4v) is 5.17. The van der Waals surface area contributed by atoms with Gasteiger partial charge in [-0.1, -0.05) is 46.7 Å². The average molecular weight is 444 g/mol. The Hall–Kier alpha value is -1.95. The number of thiazole rings is 1. The number of aromatic nitrogens is 1. The minimum atomic E-state index is 0.0802. The number of carbonyl (C=O) groups excluding carboxylic acids is 1. The van der Waals surface area contributed by atoms with Gasteiger partial charge >= 0.3 is 0 Å². The zero-order valence-corrected chi connectivity index (χ0v) is 20.2. The molecule has 6 heteroatoms. The van der Waals surface area contributed by atoms with Crippen molar-refractivity contribution in [2.24, 2.45) is 0 Å². The number of hydrogen-bond donors (Lipinski definition) is 0. The molecule has 160 valence electrons. The highest BCUT2D eigenvalue weighted by Gasteiger charge is 2.22. The maximum absolute atomic E-state index is 13.5. The topological polar surface area (TPSA) is 36.4 Å². The predicted molar refractivity (Wildman–Crippen MR) is 129 cm³/mol. The zero-order chi connectivity index (χ0) is 22.0. The van der Waals surface area contributed by atoms with E-state index in [2.05, 4.69) is 37.8 Å². The Morgan fingerprint density at radius 1 is 1.03 bits per heavy atom. The highest BCUT2D eigenvalue weighted by Crippen LogP contribution is 2.36. The SMILES string of the molecule is Cc1cc(C)c(CC(=O)N(CCCN(C)C)c2nc3c(C)ccc(Cl)c3s2)c(C)c1. The molecule has 4 nitrogen and oxygen atoms in total.